The van der Waals surface area contributed by atoms with Gasteiger partial charge in [-0.3, -0.25) is 4.79 Å². The lowest BCUT2D eigenvalue weighted by Gasteiger charge is -2.15. The Hall–Kier alpha value is -1.39. The normalized spacial score (nSPS) is 13.7. The third-order valence-electron chi connectivity index (χ3n) is 3.41. The number of amides is 1. The van der Waals surface area contributed by atoms with E-state index in [4.69, 9.17) is 9.47 Å². The molecule has 0 aromatic heterocycles. The lowest BCUT2D eigenvalue weighted by molar-refractivity contribution is -0.132. The van der Waals surface area contributed by atoms with Crippen molar-refractivity contribution in [2.45, 2.75) is 39.2 Å². The third kappa shape index (κ3) is 7.25. The van der Waals surface area contributed by atoms with Crippen LogP contribution in [-0.4, -0.2) is 38.4 Å². The summed E-state index contributed by atoms with van der Waals surface area (Å²) in [4.78, 5) is 11.8. The molecule has 4 heteroatoms. The van der Waals surface area contributed by atoms with E-state index in [-0.39, 0.29) is 5.91 Å². The Morgan fingerprint density at radius 3 is 2.57 bits per heavy atom. The molecule has 118 valence electrons. The van der Waals surface area contributed by atoms with Crippen molar-refractivity contribution in [3.8, 4) is 0 Å². The lowest BCUT2D eigenvalue weighted by Crippen LogP contribution is -2.36. The molecule has 0 aliphatic rings. The molecule has 0 spiro atoms. The second-order valence-corrected chi connectivity index (χ2v) is 5.10. The predicted octanol–water partition coefficient (Wildman–Crippen LogP) is 2.74. The molecule has 1 amide bonds. The molecule has 0 fully saturated rings. The molecule has 4 nitrogen and oxygen atoms in total. The van der Waals surface area contributed by atoms with E-state index in [1.165, 1.54) is 5.56 Å². The van der Waals surface area contributed by atoms with Crippen LogP contribution in [-0.2, 0) is 14.3 Å². The van der Waals surface area contributed by atoms with Gasteiger partial charge < -0.3 is 14.8 Å². The number of rotatable bonds is 10. The van der Waals surface area contributed by atoms with Gasteiger partial charge in [0, 0.05) is 13.2 Å². The van der Waals surface area contributed by atoms with Crippen molar-refractivity contribution in [1.29, 1.82) is 0 Å². The molecule has 0 aliphatic heterocycles. The zero-order chi connectivity index (χ0) is 15.5. The fourth-order valence-electron chi connectivity index (χ4n) is 2.01. The average Bonchev–Trinajstić information content (AvgIpc) is 2.52. The van der Waals surface area contributed by atoms with Crippen LogP contribution >= 0.6 is 0 Å². The Morgan fingerprint density at radius 2 is 1.90 bits per heavy atom. The van der Waals surface area contributed by atoms with E-state index in [2.05, 4.69) is 24.4 Å². The number of hydrogen-bond donors (Lipinski definition) is 1. The molecule has 0 unspecified atom stereocenters. The first-order chi connectivity index (χ1) is 10.1. The average molecular weight is 293 g/mol. The van der Waals surface area contributed by atoms with Crippen molar-refractivity contribution in [2.75, 3.05) is 26.4 Å². The van der Waals surface area contributed by atoms with Gasteiger partial charge in [-0.15, -0.1) is 0 Å². The fraction of sp³-hybridized carbons (Fsp3) is 0.588. The zero-order valence-electron chi connectivity index (χ0n) is 13.3. The van der Waals surface area contributed by atoms with Gasteiger partial charge in [-0.2, -0.15) is 0 Å². The number of nitrogens with one attached hydrogen (secondary N) is 1. The van der Waals surface area contributed by atoms with Crippen LogP contribution in [0.3, 0.4) is 0 Å². The Balaban J connectivity index is 2.17. The molecule has 0 aliphatic carbocycles. The van der Waals surface area contributed by atoms with Crippen LogP contribution in [0.15, 0.2) is 30.3 Å². The van der Waals surface area contributed by atoms with E-state index in [0.29, 0.717) is 32.3 Å². The van der Waals surface area contributed by atoms with Crippen LogP contribution in [0.25, 0.3) is 0 Å². The van der Waals surface area contributed by atoms with Crippen LogP contribution in [0, 0.1) is 0 Å². The molecule has 0 bridgehead atoms. The molecule has 0 saturated heterocycles. The highest BCUT2D eigenvalue weighted by atomic mass is 16.5. The molecule has 0 heterocycles. The molecule has 1 aromatic carbocycles. The summed E-state index contributed by atoms with van der Waals surface area (Å²) in [5.41, 5.74) is 1.30. The van der Waals surface area contributed by atoms with Gasteiger partial charge in [-0.05, 0) is 31.7 Å². The molecule has 1 N–H and O–H groups in total. The number of ether oxygens (including phenoxy) is 2. The molecular formula is C17H27NO3. The Labute approximate surface area is 127 Å². The maximum Gasteiger partial charge on any atom is 0.248 e. The van der Waals surface area contributed by atoms with Gasteiger partial charge in [0.25, 0.3) is 0 Å². The van der Waals surface area contributed by atoms with Crippen LogP contribution in [0.2, 0.25) is 0 Å². The van der Waals surface area contributed by atoms with Crippen molar-refractivity contribution in [3.05, 3.63) is 35.9 Å². The van der Waals surface area contributed by atoms with Crippen molar-refractivity contribution in [1.82, 2.24) is 5.32 Å². The van der Waals surface area contributed by atoms with E-state index < -0.39 is 6.10 Å². The van der Waals surface area contributed by atoms with Crippen molar-refractivity contribution >= 4 is 5.91 Å². The standard InChI is InChI=1S/C17H27NO3/c1-4-20-12-13-21-15(3)17(19)18-11-10-14(2)16-8-6-5-7-9-16/h5-9,14-15H,4,10-13H2,1-3H3,(H,18,19)/t14-,15+/m0/s1. The van der Waals surface area contributed by atoms with Gasteiger partial charge in [0.2, 0.25) is 5.91 Å². The second-order valence-electron chi connectivity index (χ2n) is 5.10. The van der Waals surface area contributed by atoms with Crippen LogP contribution in [0.5, 0.6) is 0 Å². The number of carbonyl (C=O) groups is 1. The molecule has 0 saturated carbocycles. The summed E-state index contributed by atoms with van der Waals surface area (Å²) in [6.45, 7) is 8.17. The number of benzene rings is 1. The van der Waals surface area contributed by atoms with Gasteiger partial charge in [0.1, 0.15) is 6.10 Å². The quantitative estimate of drug-likeness (QED) is 0.675. The number of carbonyl (C=O) groups excluding carboxylic acids is 1. The largest absolute Gasteiger partial charge is 0.379 e. The van der Waals surface area contributed by atoms with Gasteiger partial charge in [0.05, 0.1) is 13.2 Å². The van der Waals surface area contributed by atoms with E-state index in [1.807, 2.05) is 25.1 Å². The Kier molecular flexibility index (Phi) is 8.71. The Morgan fingerprint density at radius 1 is 1.19 bits per heavy atom. The summed E-state index contributed by atoms with van der Waals surface area (Å²) in [6.07, 6.45) is 0.485. The first kappa shape index (κ1) is 17.7. The molecule has 1 aromatic rings. The molecular weight excluding hydrogens is 266 g/mol. The summed E-state index contributed by atoms with van der Waals surface area (Å²) in [5.74, 6) is 0.368. The lowest BCUT2D eigenvalue weighted by atomic mass is 9.98. The molecule has 21 heavy (non-hydrogen) atoms. The zero-order valence-corrected chi connectivity index (χ0v) is 13.3. The maximum atomic E-state index is 11.8. The van der Waals surface area contributed by atoms with Crippen LogP contribution < -0.4 is 5.32 Å². The first-order valence-electron chi connectivity index (χ1n) is 7.67. The first-order valence-corrected chi connectivity index (χ1v) is 7.67. The van der Waals surface area contributed by atoms with E-state index in [9.17, 15) is 4.79 Å². The summed E-state index contributed by atoms with van der Waals surface area (Å²) in [5, 5.41) is 2.92. The fourth-order valence-corrected chi connectivity index (χ4v) is 2.01. The number of hydrogen-bond acceptors (Lipinski definition) is 3. The third-order valence-corrected chi connectivity index (χ3v) is 3.41. The van der Waals surface area contributed by atoms with Gasteiger partial charge in [0.15, 0.2) is 0 Å². The molecule has 1 rings (SSSR count). The minimum absolute atomic E-state index is 0.0632. The summed E-state index contributed by atoms with van der Waals surface area (Å²) >= 11 is 0. The topological polar surface area (TPSA) is 47.6 Å². The Bertz CT molecular complexity index is 394. The monoisotopic (exact) mass is 293 g/mol. The van der Waals surface area contributed by atoms with Crippen molar-refractivity contribution in [2.24, 2.45) is 0 Å². The van der Waals surface area contributed by atoms with E-state index >= 15 is 0 Å². The van der Waals surface area contributed by atoms with Gasteiger partial charge in [-0.1, -0.05) is 37.3 Å². The van der Waals surface area contributed by atoms with E-state index in [1.54, 1.807) is 6.92 Å². The SMILES string of the molecule is CCOCCO[C@H](C)C(=O)NCC[C@H](C)c1ccccc1. The summed E-state index contributed by atoms with van der Waals surface area (Å²) < 4.78 is 10.6. The molecule has 2 atom stereocenters. The summed E-state index contributed by atoms with van der Waals surface area (Å²) in [6, 6.07) is 10.3. The maximum absolute atomic E-state index is 11.8. The summed E-state index contributed by atoms with van der Waals surface area (Å²) in [7, 11) is 0. The van der Waals surface area contributed by atoms with Gasteiger partial charge >= 0.3 is 0 Å². The van der Waals surface area contributed by atoms with Crippen LogP contribution in [0.1, 0.15) is 38.7 Å². The molecule has 0 radical (unpaired) electrons. The van der Waals surface area contributed by atoms with Crippen molar-refractivity contribution in [3.63, 3.8) is 0 Å². The minimum atomic E-state index is -0.433. The minimum Gasteiger partial charge on any atom is -0.379 e. The smallest absolute Gasteiger partial charge is 0.248 e. The van der Waals surface area contributed by atoms with Gasteiger partial charge in [-0.25, -0.2) is 0 Å². The van der Waals surface area contributed by atoms with Crippen LogP contribution in [0.4, 0.5) is 0 Å². The highest BCUT2D eigenvalue weighted by molar-refractivity contribution is 5.80. The predicted molar refractivity (Wildman–Crippen MR) is 84.4 cm³/mol. The van der Waals surface area contributed by atoms with E-state index in [0.717, 1.165) is 6.42 Å². The highest BCUT2D eigenvalue weighted by Crippen LogP contribution is 2.17. The van der Waals surface area contributed by atoms with Crippen molar-refractivity contribution < 1.29 is 14.3 Å². The second kappa shape index (κ2) is 10.4. The highest BCUT2D eigenvalue weighted by Gasteiger charge is 2.13.